The first-order chi connectivity index (χ1) is 9.16. The fraction of sp³-hybridized carbons (Fsp3) is 0.0833. The third-order valence-electron chi connectivity index (χ3n) is 3.06. The van der Waals surface area contributed by atoms with Gasteiger partial charge < -0.3 is 9.78 Å². The summed E-state index contributed by atoms with van der Waals surface area (Å²) in [4.78, 5) is 8.05. The van der Waals surface area contributed by atoms with E-state index in [1.54, 1.807) is 24.5 Å². The minimum atomic E-state index is -1.03. The van der Waals surface area contributed by atoms with Gasteiger partial charge in [0.05, 0.1) is 11.9 Å². The van der Waals surface area contributed by atoms with Crippen LogP contribution < -0.4 is 5.46 Å². The molecule has 0 saturated heterocycles. The molecule has 0 radical (unpaired) electrons. The maximum atomic E-state index is 9.71. The molecule has 5 nitrogen and oxygen atoms in total. The summed E-state index contributed by atoms with van der Waals surface area (Å²) in [5.41, 5.74) is 4.14. The van der Waals surface area contributed by atoms with Crippen LogP contribution in [0.25, 0.3) is 11.3 Å². The van der Waals surface area contributed by atoms with Crippen molar-refractivity contribution in [2.45, 2.75) is 6.92 Å². The van der Waals surface area contributed by atoms with Crippen LogP contribution in [0.15, 0.2) is 29.6 Å². The Kier molecular flexibility index (Phi) is 2.96. The normalized spacial score (nSPS) is 13.1. The standard InChI is InChI=1S/C12H9BClN3O2/c1-7-8(11-4-5-15-12(14)17-11)2-3-10-9(7)6-16-19-13(10)18/h2-6,18H,1H3. The zero-order valence-corrected chi connectivity index (χ0v) is 10.8. The van der Waals surface area contributed by atoms with E-state index >= 15 is 0 Å². The summed E-state index contributed by atoms with van der Waals surface area (Å²) in [7, 11) is -1.03. The number of rotatable bonds is 1. The van der Waals surface area contributed by atoms with Crippen LogP contribution in [0.3, 0.4) is 0 Å². The Labute approximate surface area is 115 Å². The second-order valence-corrected chi connectivity index (χ2v) is 4.48. The highest BCUT2D eigenvalue weighted by molar-refractivity contribution is 6.62. The van der Waals surface area contributed by atoms with Gasteiger partial charge in [-0.25, -0.2) is 9.97 Å². The molecule has 2 aromatic rings. The summed E-state index contributed by atoms with van der Waals surface area (Å²) in [6.45, 7) is 1.94. The maximum absolute atomic E-state index is 9.71. The van der Waals surface area contributed by atoms with Crippen LogP contribution in [-0.4, -0.2) is 28.3 Å². The molecule has 1 aromatic carbocycles. The van der Waals surface area contributed by atoms with Gasteiger partial charge in [0, 0.05) is 22.8 Å². The van der Waals surface area contributed by atoms with Gasteiger partial charge in [-0.1, -0.05) is 12.1 Å². The third-order valence-corrected chi connectivity index (χ3v) is 3.24. The minimum Gasteiger partial charge on any atom is -0.427 e. The van der Waals surface area contributed by atoms with E-state index in [-0.39, 0.29) is 5.28 Å². The summed E-state index contributed by atoms with van der Waals surface area (Å²) in [5, 5.41) is 13.6. The summed E-state index contributed by atoms with van der Waals surface area (Å²) in [6.07, 6.45) is 3.19. The maximum Gasteiger partial charge on any atom is 0.583 e. The number of hydrogen-bond acceptors (Lipinski definition) is 5. The van der Waals surface area contributed by atoms with Crippen molar-refractivity contribution in [1.82, 2.24) is 9.97 Å². The summed E-state index contributed by atoms with van der Waals surface area (Å²) in [6, 6.07) is 5.45. The molecular formula is C12H9BClN3O2. The number of benzene rings is 1. The highest BCUT2D eigenvalue weighted by Gasteiger charge is 2.27. The summed E-state index contributed by atoms with van der Waals surface area (Å²) >= 11 is 5.81. The Balaban J connectivity index is 2.18. The lowest BCUT2D eigenvalue weighted by Crippen LogP contribution is -2.38. The van der Waals surface area contributed by atoms with E-state index in [1.807, 2.05) is 13.0 Å². The van der Waals surface area contributed by atoms with Crippen molar-refractivity contribution in [3.05, 3.63) is 40.8 Å². The van der Waals surface area contributed by atoms with Crippen molar-refractivity contribution >= 4 is 30.4 Å². The molecule has 1 aliphatic rings. The SMILES string of the molecule is Cc1c(-c2ccnc(Cl)n2)ccc2c1C=NOB2O. The lowest BCUT2D eigenvalue weighted by molar-refractivity contribution is 0.286. The molecular weight excluding hydrogens is 264 g/mol. The molecule has 0 atom stereocenters. The largest absolute Gasteiger partial charge is 0.583 e. The molecule has 3 rings (SSSR count). The van der Waals surface area contributed by atoms with E-state index in [0.717, 1.165) is 22.4 Å². The van der Waals surface area contributed by atoms with Gasteiger partial charge in [0.15, 0.2) is 0 Å². The van der Waals surface area contributed by atoms with Gasteiger partial charge in [-0.3, -0.25) is 0 Å². The van der Waals surface area contributed by atoms with Crippen molar-refractivity contribution < 1.29 is 9.78 Å². The number of oxime groups is 1. The molecule has 0 fully saturated rings. The molecule has 1 aliphatic heterocycles. The molecule has 0 amide bonds. The topological polar surface area (TPSA) is 67.6 Å². The van der Waals surface area contributed by atoms with Gasteiger partial charge in [0.25, 0.3) is 0 Å². The van der Waals surface area contributed by atoms with Crippen molar-refractivity contribution in [2.24, 2.45) is 5.16 Å². The van der Waals surface area contributed by atoms with E-state index in [9.17, 15) is 5.02 Å². The van der Waals surface area contributed by atoms with Crippen LogP contribution in [0, 0.1) is 6.92 Å². The molecule has 0 unspecified atom stereocenters. The predicted octanol–water partition coefficient (Wildman–Crippen LogP) is 1.16. The van der Waals surface area contributed by atoms with Crippen LogP contribution in [0.4, 0.5) is 0 Å². The Morgan fingerprint density at radius 2 is 2.16 bits per heavy atom. The van der Waals surface area contributed by atoms with Crippen molar-refractivity contribution in [2.75, 3.05) is 0 Å². The van der Waals surface area contributed by atoms with E-state index in [2.05, 4.69) is 15.1 Å². The lowest BCUT2D eigenvalue weighted by Gasteiger charge is -2.17. The first kappa shape index (κ1) is 12.1. The number of hydrogen-bond donors (Lipinski definition) is 1. The monoisotopic (exact) mass is 273 g/mol. The fourth-order valence-corrected chi connectivity index (χ4v) is 2.24. The van der Waals surface area contributed by atoms with Crippen LogP contribution >= 0.6 is 11.6 Å². The van der Waals surface area contributed by atoms with Crippen molar-refractivity contribution in [3.63, 3.8) is 0 Å². The van der Waals surface area contributed by atoms with Crippen molar-refractivity contribution in [1.29, 1.82) is 0 Å². The highest BCUT2D eigenvalue weighted by Crippen LogP contribution is 2.24. The van der Waals surface area contributed by atoms with Crippen LogP contribution in [-0.2, 0) is 4.76 Å². The van der Waals surface area contributed by atoms with Gasteiger partial charge >= 0.3 is 7.12 Å². The van der Waals surface area contributed by atoms with E-state index in [1.165, 1.54) is 0 Å². The molecule has 94 valence electrons. The van der Waals surface area contributed by atoms with Gasteiger partial charge in [0.1, 0.15) is 0 Å². The first-order valence-electron chi connectivity index (χ1n) is 5.66. The second-order valence-electron chi connectivity index (χ2n) is 4.14. The van der Waals surface area contributed by atoms with Crippen LogP contribution in [0.5, 0.6) is 0 Å². The first-order valence-corrected chi connectivity index (χ1v) is 6.04. The van der Waals surface area contributed by atoms with Crippen LogP contribution in [0.1, 0.15) is 11.1 Å². The van der Waals surface area contributed by atoms with E-state index in [0.29, 0.717) is 5.46 Å². The predicted molar refractivity (Wildman–Crippen MR) is 73.5 cm³/mol. The van der Waals surface area contributed by atoms with Crippen molar-refractivity contribution in [3.8, 4) is 11.3 Å². The van der Waals surface area contributed by atoms with E-state index in [4.69, 9.17) is 16.4 Å². The van der Waals surface area contributed by atoms with E-state index < -0.39 is 7.12 Å². The molecule has 2 heterocycles. The average molecular weight is 273 g/mol. The van der Waals surface area contributed by atoms with Gasteiger partial charge in [-0.2, -0.15) is 0 Å². The second kappa shape index (κ2) is 4.64. The number of aromatic nitrogens is 2. The zero-order chi connectivity index (χ0) is 13.4. The number of nitrogens with zero attached hydrogens (tertiary/aromatic N) is 3. The molecule has 1 aromatic heterocycles. The fourth-order valence-electron chi connectivity index (χ4n) is 2.10. The molecule has 1 N–H and O–H groups in total. The zero-order valence-electron chi connectivity index (χ0n) is 10.0. The number of halogens is 1. The highest BCUT2D eigenvalue weighted by atomic mass is 35.5. The molecule has 7 heteroatoms. The van der Waals surface area contributed by atoms with Crippen LogP contribution in [0.2, 0.25) is 5.28 Å². The Morgan fingerprint density at radius 3 is 2.95 bits per heavy atom. The Morgan fingerprint density at radius 1 is 1.32 bits per heavy atom. The Bertz CT molecular complexity index is 678. The molecule has 0 saturated carbocycles. The smallest absolute Gasteiger partial charge is 0.427 e. The average Bonchev–Trinajstić information content (AvgIpc) is 2.40. The Hall–Kier alpha value is -1.92. The molecule has 0 bridgehead atoms. The van der Waals surface area contributed by atoms with Gasteiger partial charge in [-0.15, -0.1) is 5.16 Å². The lowest BCUT2D eigenvalue weighted by atomic mass is 9.74. The minimum absolute atomic E-state index is 0.201. The van der Waals surface area contributed by atoms with Gasteiger partial charge in [0.2, 0.25) is 5.28 Å². The summed E-state index contributed by atoms with van der Waals surface area (Å²) in [5.74, 6) is 0. The molecule has 19 heavy (non-hydrogen) atoms. The summed E-state index contributed by atoms with van der Waals surface area (Å²) < 4.78 is 4.80. The molecule has 0 aliphatic carbocycles. The van der Waals surface area contributed by atoms with Gasteiger partial charge in [-0.05, 0) is 30.2 Å². The third kappa shape index (κ3) is 2.09. The molecule has 0 spiro atoms. The number of fused-ring (bicyclic) bond motifs is 1. The quantitative estimate of drug-likeness (QED) is 0.625.